The SMILES string of the molecule is CC(OC(=O)N1NC(c2ccccc2)=NN=C1CCc1cn(CCCCC(NC(=O)OCC2c3ccccc3-c3ccccc32)C(=O)O)nn1)c1ccccc1[N+](=O)[O-]. The summed E-state index contributed by atoms with van der Waals surface area (Å²) in [6.07, 6.45) is 0.904. The van der Waals surface area contributed by atoms with Crippen molar-refractivity contribution in [3.63, 3.8) is 0 Å². The number of nitrogens with one attached hydrogen (secondary N) is 2. The predicted molar refractivity (Wildman–Crippen MR) is 215 cm³/mol. The molecule has 3 N–H and O–H groups in total. The molecule has 0 fully saturated rings. The third-order valence-corrected chi connectivity index (χ3v) is 10.1. The highest BCUT2D eigenvalue weighted by molar-refractivity contribution is 6.06. The molecule has 2 unspecified atom stereocenters. The van der Waals surface area contributed by atoms with Crippen LogP contribution in [0.5, 0.6) is 0 Å². The highest BCUT2D eigenvalue weighted by Crippen LogP contribution is 2.44. The van der Waals surface area contributed by atoms with E-state index >= 15 is 0 Å². The number of hydrazine groups is 1. The van der Waals surface area contributed by atoms with Gasteiger partial charge in [0.2, 0.25) is 0 Å². The zero-order chi connectivity index (χ0) is 41.3. The molecule has 0 bridgehead atoms. The zero-order valence-corrected chi connectivity index (χ0v) is 32.0. The second-order valence-corrected chi connectivity index (χ2v) is 13.9. The van der Waals surface area contributed by atoms with Gasteiger partial charge in [-0.25, -0.2) is 14.4 Å². The Morgan fingerprint density at radius 3 is 2.29 bits per heavy atom. The minimum Gasteiger partial charge on any atom is -0.480 e. The summed E-state index contributed by atoms with van der Waals surface area (Å²) >= 11 is 0. The maximum atomic E-state index is 13.6. The van der Waals surface area contributed by atoms with Gasteiger partial charge in [0.15, 0.2) is 11.7 Å². The van der Waals surface area contributed by atoms with E-state index in [0.717, 1.165) is 27.3 Å². The van der Waals surface area contributed by atoms with Gasteiger partial charge in [0.25, 0.3) is 5.69 Å². The Bertz CT molecular complexity index is 2350. The van der Waals surface area contributed by atoms with Crippen molar-refractivity contribution in [3.05, 3.63) is 147 Å². The number of carbonyl (C=O) groups is 3. The van der Waals surface area contributed by atoms with Crippen molar-refractivity contribution in [2.45, 2.75) is 63.6 Å². The third kappa shape index (κ3) is 9.41. The Kier molecular flexibility index (Phi) is 12.3. The summed E-state index contributed by atoms with van der Waals surface area (Å²) in [5.41, 5.74) is 8.63. The molecule has 1 aliphatic carbocycles. The fraction of sp³-hybridized carbons (Fsp3) is 0.262. The lowest BCUT2D eigenvalue weighted by atomic mass is 9.98. The molecule has 0 spiro atoms. The van der Waals surface area contributed by atoms with Gasteiger partial charge in [-0.3, -0.25) is 20.2 Å². The van der Waals surface area contributed by atoms with Crippen molar-refractivity contribution in [3.8, 4) is 11.1 Å². The molecule has 0 saturated heterocycles. The number of para-hydroxylation sites is 1. The predicted octanol–water partition coefficient (Wildman–Crippen LogP) is 6.76. The van der Waals surface area contributed by atoms with Gasteiger partial charge >= 0.3 is 18.2 Å². The summed E-state index contributed by atoms with van der Waals surface area (Å²) in [4.78, 5) is 49.4. The number of rotatable bonds is 16. The number of hydrogen-bond donors (Lipinski definition) is 3. The molecule has 4 aromatic carbocycles. The van der Waals surface area contributed by atoms with Crippen LogP contribution in [0.2, 0.25) is 0 Å². The van der Waals surface area contributed by atoms with E-state index in [1.165, 1.54) is 18.2 Å². The lowest BCUT2D eigenvalue weighted by Gasteiger charge is -2.28. The van der Waals surface area contributed by atoms with E-state index in [2.05, 4.69) is 31.3 Å². The summed E-state index contributed by atoms with van der Waals surface area (Å²) in [6, 6.07) is 29.9. The Labute approximate surface area is 338 Å². The van der Waals surface area contributed by atoms with Crippen LogP contribution in [0.25, 0.3) is 11.1 Å². The van der Waals surface area contributed by atoms with Gasteiger partial charge in [0.1, 0.15) is 18.8 Å². The van der Waals surface area contributed by atoms with Crippen LogP contribution >= 0.6 is 0 Å². The Balaban J connectivity index is 0.905. The standard InChI is InChI=1S/C42H41N9O8/c1-27(30-15-9-10-21-37(30)51(56)57)59-42(55)50-38(45-46-39(47-50)28-13-3-2-4-14-28)23-22-29-25-49(48-44-29)24-12-11-20-36(40(52)53)43-41(54)58-26-35-33-18-7-5-16-31(33)32-17-6-8-19-34(32)35/h2-10,13-19,21,25,27,35-36H,11-12,20,22-24,26H2,1H3,(H,43,54)(H,46,47)(H,52,53). The van der Waals surface area contributed by atoms with Crippen LogP contribution in [0.3, 0.4) is 0 Å². The molecule has 17 heteroatoms. The fourth-order valence-corrected chi connectivity index (χ4v) is 7.11. The maximum absolute atomic E-state index is 13.6. The number of carboxylic acid groups (broad SMARTS) is 1. The monoisotopic (exact) mass is 799 g/mol. The number of hydrogen-bond acceptors (Lipinski definition) is 12. The minimum absolute atomic E-state index is 0.0783. The average molecular weight is 800 g/mol. The third-order valence-electron chi connectivity index (χ3n) is 10.1. The van der Waals surface area contributed by atoms with Crippen molar-refractivity contribution in [1.29, 1.82) is 0 Å². The summed E-state index contributed by atoms with van der Waals surface area (Å²) < 4.78 is 12.9. The highest BCUT2D eigenvalue weighted by Gasteiger charge is 2.31. The minimum atomic E-state index is -1.16. The van der Waals surface area contributed by atoms with Crippen LogP contribution in [0.4, 0.5) is 15.3 Å². The Morgan fingerprint density at radius 1 is 0.898 bits per heavy atom. The second-order valence-electron chi connectivity index (χ2n) is 13.9. The second kappa shape index (κ2) is 18.2. The van der Waals surface area contributed by atoms with E-state index in [4.69, 9.17) is 9.47 Å². The highest BCUT2D eigenvalue weighted by atomic mass is 16.6. The largest absolute Gasteiger partial charge is 0.480 e. The van der Waals surface area contributed by atoms with Crippen LogP contribution in [0, 0.1) is 10.1 Å². The van der Waals surface area contributed by atoms with Crippen LogP contribution in [0.15, 0.2) is 120 Å². The molecule has 2 aliphatic rings. The number of amides is 2. The quantitative estimate of drug-likeness (QED) is 0.0538. The first kappa shape index (κ1) is 39.8. The lowest BCUT2D eigenvalue weighted by Crippen LogP contribution is -2.52. The Hall–Kier alpha value is -7.43. The molecule has 59 heavy (non-hydrogen) atoms. The number of amidine groups is 2. The number of carbonyl (C=O) groups excluding carboxylic acids is 2. The number of aromatic nitrogens is 3. The average Bonchev–Trinajstić information content (AvgIpc) is 3.85. The Morgan fingerprint density at radius 2 is 1.58 bits per heavy atom. The molecule has 0 saturated carbocycles. The molecule has 1 aliphatic heterocycles. The molecular weight excluding hydrogens is 759 g/mol. The summed E-state index contributed by atoms with van der Waals surface area (Å²) in [6.45, 7) is 2.07. The van der Waals surface area contributed by atoms with Gasteiger partial charge in [0.05, 0.1) is 16.2 Å². The number of aryl methyl sites for hydroxylation is 2. The van der Waals surface area contributed by atoms with Gasteiger partial charge < -0.3 is 19.9 Å². The molecule has 302 valence electrons. The zero-order valence-electron chi connectivity index (χ0n) is 32.0. The van der Waals surface area contributed by atoms with Gasteiger partial charge in [-0.1, -0.05) is 96.2 Å². The van der Waals surface area contributed by atoms with Gasteiger partial charge in [-0.05, 0) is 54.5 Å². The molecule has 2 atom stereocenters. The molecule has 2 amide bonds. The molecular formula is C42H41N9O8. The van der Waals surface area contributed by atoms with E-state index in [0.29, 0.717) is 42.9 Å². The van der Waals surface area contributed by atoms with Crippen LogP contribution < -0.4 is 10.7 Å². The summed E-state index contributed by atoms with van der Waals surface area (Å²) in [5.74, 6) is -0.776. The van der Waals surface area contributed by atoms with Crippen LogP contribution in [-0.2, 0) is 27.2 Å². The van der Waals surface area contributed by atoms with Crippen LogP contribution in [-0.4, -0.2) is 72.5 Å². The molecule has 7 rings (SSSR count). The summed E-state index contributed by atoms with van der Waals surface area (Å²) in [7, 11) is 0. The fourth-order valence-electron chi connectivity index (χ4n) is 7.11. The number of alkyl carbamates (subject to hydrolysis) is 1. The van der Waals surface area contributed by atoms with Crippen molar-refractivity contribution in [1.82, 2.24) is 30.7 Å². The number of nitro groups is 1. The van der Waals surface area contributed by atoms with Crippen molar-refractivity contribution in [2.24, 2.45) is 10.2 Å². The number of benzene rings is 4. The van der Waals surface area contributed by atoms with Gasteiger partial charge in [-0.15, -0.1) is 15.3 Å². The molecule has 0 radical (unpaired) electrons. The number of carboxylic acids is 1. The number of unbranched alkanes of at least 4 members (excludes halogenated alkanes) is 1. The number of aliphatic carboxylic acids is 1. The van der Waals surface area contributed by atoms with E-state index in [1.54, 1.807) is 36.0 Å². The van der Waals surface area contributed by atoms with Crippen molar-refractivity contribution < 1.29 is 33.9 Å². The number of fused-ring (bicyclic) bond motifs is 3. The topological polar surface area (TPSA) is 216 Å². The normalized spacial score (nSPS) is 14.2. The van der Waals surface area contributed by atoms with E-state index < -0.39 is 35.2 Å². The molecule has 5 aromatic rings. The summed E-state index contributed by atoms with van der Waals surface area (Å²) in [5, 5.41) is 42.1. The number of ether oxygens (including phenoxy) is 2. The van der Waals surface area contributed by atoms with E-state index in [1.807, 2.05) is 66.7 Å². The maximum Gasteiger partial charge on any atom is 0.435 e. The van der Waals surface area contributed by atoms with E-state index in [-0.39, 0.29) is 42.5 Å². The number of nitro benzene ring substituents is 1. The van der Waals surface area contributed by atoms with Gasteiger partial charge in [0, 0.05) is 43.1 Å². The van der Waals surface area contributed by atoms with Gasteiger partial charge in [-0.2, -0.15) is 5.01 Å². The lowest BCUT2D eigenvalue weighted by molar-refractivity contribution is -0.386. The number of nitrogens with zero attached hydrogens (tertiary/aromatic N) is 7. The first-order valence-electron chi connectivity index (χ1n) is 19.1. The molecule has 1 aromatic heterocycles. The molecule has 17 nitrogen and oxygen atoms in total. The first-order valence-corrected chi connectivity index (χ1v) is 19.1. The first-order chi connectivity index (χ1) is 28.7. The smallest absolute Gasteiger partial charge is 0.435 e. The molecule has 2 heterocycles. The van der Waals surface area contributed by atoms with Crippen molar-refractivity contribution in [2.75, 3.05) is 6.61 Å². The van der Waals surface area contributed by atoms with Crippen molar-refractivity contribution >= 4 is 35.5 Å². The van der Waals surface area contributed by atoms with E-state index in [9.17, 15) is 29.6 Å². The van der Waals surface area contributed by atoms with Crippen LogP contribution in [0.1, 0.15) is 72.6 Å².